The van der Waals surface area contributed by atoms with Gasteiger partial charge in [-0.15, -0.1) is 0 Å². The van der Waals surface area contributed by atoms with Gasteiger partial charge >= 0.3 is 0 Å². The summed E-state index contributed by atoms with van der Waals surface area (Å²) in [5.74, 6) is 0. The largest absolute Gasteiger partial charge is 0.311 e. The highest BCUT2D eigenvalue weighted by atomic mass is 15.2. The molecule has 0 N–H and O–H groups in total. The Balaban J connectivity index is 1.19. The summed E-state index contributed by atoms with van der Waals surface area (Å²) in [6, 6.07) is 63.4. The van der Waals surface area contributed by atoms with Crippen LogP contribution in [0.1, 0.15) is 112 Å². The summed E-state index contributed by atoms with van der Waals surface area (Å²) in [6.07, 6.45) is 1.03. The van der Waals surface area contributed by atoms with Gasteiger partial charge in [-0.2, -0.15) is 0 Å². The molecule has 9 aromatic rings. The number of benzene rings is 9. The van der Waals surface area contributed by atoms with Gasteiger partial charge < -0.3 is 9.80 Å². The van der Waals surface area contributed by atoms with E-state index in [0.29, 0.717) is 0 Å². The lowest BCUT2D eigenvalue weighted by molar-refractivity contribution is 0.508. The van der Waals surface area contributed by atoms with Crippen molar-refractivity contribution in [3.05, 3.63) is 186 Å². The van der Waals surface area contributed by atoms with Gasteiger partial charge in [0.25, 0.3) is 6.71 Å². The van der Waals surface area contributed by atoms with Crippen LogP contribution in [0.25, 0.3) is 43.4 Å². The summed E-state index contributed by atoms with van der Waals surface area (Å²) in [5, 5.41) is 7.79. The number of nitrogens with zero attached hydrogens (tertiary/aromatic N) is 2. The first-order valence-corrected chi connectivity index (χ1v) is 24.9. The Kier molecular flexibility index (Phi) is 10.0. The minimum absolute atomic E-state index is 0.0165. The Morgan fingerprint density at radius 3 is 1.34 bits per heavy atom. The number of rotatable bonds is 5. The highest BCUT2D eigenvalue weighted by Crippen LogP contribution is 2.48. The van der Waals surface area contributed by atoms with Crippen molar-refractivity contribution < 1.29 is 0 Å². The Morgan fingerprint density at radius 2 is 0.838 bits per heavy atom. The quantitative estimate of drug-likeness (QED) is 0.126. The van der Waals surface area contributed by atoms with Crippen LogP contribution in [0.2, 0.25) is 0 Å². The lowest BCUT2D eigenvalue weighted by Gasteiger charge is -2.45. The normalized spacial score (nSPS) is 13.9. The first-order chi connectivity index (χ1) is 32.3. The molecule has 0 spiro atoms. The molecule has 0 bridgehead atoms. The Hall–Kier alpha value is -6.58. The third-order valence-corrected chi connectivity index (χ3v) is 15.6. The minimum Gasteiger partial charge on any atom is -0.311 e. The van der Waals surface area contributed by atoms with Gasteiger partial charge in [-0.05, 0) is 165 Å². The van der Waals surface area contributed by atoms with Crippen molar-refractivity contribution in [1.29, 1.82) is 0 Å². The predicted octanol–water partition coefficient (Wildman–Crippen LogP) is 16.5. The van der Waals surface area contributed by atoms with Crippen LogP contribution in [0.3, 0.4) is 0 Å². The minimum atomic E-state index is -0.0514. The van der Waals surface area contributed by atoms with Crippen LogP contribution in [0, 0.1) is 0 Å². The fourth-order valence-corrected chi connectivity index (χ4v) is 11.3. The highest BCUT2D eigenvalue weighted by molar-refractivity contribution is 7.00. The van der Waals surface area contributed by atoms with E-state index in [9.17, 15) is 0 Å². The van der Waals surface area contributed by atoms with Gasteiger partial charge in [0.1, 0.15) is 0 Å². The summed E-state index contributed by atoms with van der Waals surface area (Å²) < 4.78 is 0. The summed E-state index contributed by atoms with van der Waals surface area (Å²) in [7, 11) is 0. The van der Waals surface area contributed by atoms with Crippen molar-refractivity contribution in [2.75, 3.05) is 9.80 Å². The molecule has 338 valence electrons. The Bertz CT molecular complexity index is 3450. The monoisotopic (exact) mass is 885 g/mol. The van der Waals surface area contributed by atoms with Crippen molar-refractivity contribution in [2.45, 2.75) is 111 Å². The second-order valence-corrected chi connectivity index (χ2v) is 23.5. The van der Waals surface area contributed by atoms with E-state index in [2.05, 4.69) is 257 Å². The van der Waals surface area contributed by atoms with Crippen molar-refractivity contribution in [1.82, 2.24) is 0 Å². The molecule has 0 fully saturated rings. The van der Waals surface area contributed by atoms with Gasteiger partial charge in [0.05, 0.1) is 0 Å². The van der Waals surface area contributed by atoms with Gasteiger partial charge in [0.2, 0.25) is 0 Å². The predicted molar refractivity (Wildman–Crippen MR) is 298 cm³/mol. The zero-order valence-corrected chi connectivity index (χ0v) is 42.3. The van der Waals surface area contributed by atoms with Gasteiger partial charge in [0.15, 0.2) is 0 Å². The lowest BCUT2D eigenvalue weighted by Crippen LogP contribution is -2.61. The molecule has 2 aliphatic rings. The van der Waals surface area contributed by atoms with Gasteiger partial charge in [0, 0.05) is 34.1 Å². The third-order valence-electron chi connectivity index (χ3n) is 15.6. The lowest BCUT2D eigenvalue weighted by atomic mass is 9.33. The SMILES string of the molecule is CCC(C)(C)c1ccc(N2c3ccc(C(C)(C)C)cc3B3c4cc(C(C)(C)C)ccc4N(c4ccc(C(C)(C)C)cc4)c4cccc2c43)cc1-c1ccc2c3ccccc3c3ccccc3c2c1. The second kappa shape index (κ2) is 15.5. The molecule has 2 aliphatic heterocycles. The standard InChI is InChI=1S/C65H65BN2/c1-13-65(11,12)54-34-32-46(40-52(54)41-25-33-51-49-21-15-14-19-47(49)48-20-16-17-22-50(48)53(51)37-41)68-58-36-29-44(64(8,9)10)39-56(58)66-55-38-43(63(5,6)7)28-35-57(55)67(59-23-18-24-60(68)61(59)66)45-30-26-42(27-31-45)62(2,3)4/h14-40H,13H2,1-12H3. The number of fused-ring (bicyclic) bond motifs is 10. The van der Waals surface area contributed by atoms with E-state index in [4.69, 9.17) is 0 Å². The molecule has 3 heteroatoms. The van der Waals surface area contributed by atoms with Crippen LogP contribution >= 0.6 is 0 Å². The molecular formula is C65H65BN2. The number of hydrogen-bond acceptors (Lipinski definition) is 2. The molecule has 11 rings (SSSR count). The Labute approximate surface area is 405 Å². The van der Waals surface area contributed by atoms with Gasteiger partial charge in [-0.3, -0.25) is 0 Å². The zero-order valence-electron chi connectivity index (χ0n) is 42.3. The van der Waals surface area contributed by atoms with E-state index in [0.717, 1.165) is 6.42 Å². The molecule has 0 amide bonds. The molecule has 2 heterocycles. The summed E-state index contributed by atoms with van der Waals surface area (Å²) in [5.41, 5.74) is 19.3. The maximum Gasteiger partial charge on any atom is 0.252 e. The van der Waals surface area contributed by atoms with Crippen LogP contribution in [0.15, 0.2) is 164 Å². The topological polar surface area (TPSA) is 6.48 Å². The molecule has 0 radical (unpaired) electrons. The van der Waals surface area contributed by atoms with Crippen LogP contribution < -0.4 is 26.2 Å². The maximum absolute atomic E-state index is 2.59. The molecule has 68 heavy (non-hydrogen) atoms. The fraction of sp³-hybridized carbons (Fsp3) is 0.262. The van der Waals surface area contributed by atoms with Gasteiger partial charge in [-0.1, -0.05) is 192 Å². The average molecular weight is 885 g/mol. The van der Waals surface area contributed by atoms with E-state index in [-0.39, 0.29) is 28.4 Å². The molecule has 0 aromatic heterocycles. The van der Waals surface area contributed by atoms with Crippen LogP contribution in [0.4, 0.5) is 34.1 Å². The molecule has 0 saturated heterocycles. The third kappa shape index (κ3) is 6.98. The molecule has 0 atom stereocenters. The summed E-state index contributed by atoms with van der Waals surface area (Å²) in [4.78, 5) is 5.13. The first-order valence-electron chi connectivity index (χ1n) is 24.9. The second-order valence-electron chi connectivity index (χ2n) is 23.5. The van der Waals surface area contributed by atoms with Crippen molar-refractivity contribution >= 4 is 89.5 Å². The number of anilines is 6. The average Bonchev–Trinajstić information content (AvgIpc) is 3.32. The zero-order chi connectivity index (χ0) is 47.7. The molecule has 0 aliphatic carbocycles. The van der Waals surface area contributed by atoms with E-state index in [1.807, 2.05) is 0 Å². The van der Waals surface area contributed by atoms with Crippen LogP contribution in [-0.2, 0) is 21.7 Å². The smallest absolute Gasteiger partial charge is 0.252 e. The Morgan fingerprint density at radius 1 is 0.382 bits per heavy atom. The highest BCUT2D eigenvalue weighted by Gasteiger charge is 2.44. The van der Waals surface area contributed by atoms with E-state index in [1.165, 1.54) is 116 Å². The van der Waals surface area contributed by atoms with Gasteiger partial charge in [-0.25, -0.2) is 0 Å². The molecule has 2 nitrogen and oxygen atoms in total. The molecule has 9 aromatic carbocycles. The maximum atomic E-state index is 2.59. The molecule has 0 saturated carbocycles. The van der Waals surface area contributed by atoms with Crippen molar-refractivity contribution in [2.24, 2.45) is 0 Å². The fourth-order valence-electron chi connectivity index (χ4n) is 11.3. The first kappa shape index (κ1) is 44.0. The van der Waals surface area contributed by atoms with Crippen molar-refractivity contribution in [3.63, 3.8) is 0 Å². The van der Waals surface area contributed by atoms with Crippen LogP contribution in [0.5, 0.6) is 0 Å². The number of hydrogen-bond donors (Lipinski definition) is 0. The summed E-state index contributed by atoms with van der Waals surface area (Å²) >= 11 is 0. The van der Waals surface area contributed by atoms with E-state index < -0.39 is 0 Å². The van der Waals surface area contributed by atoms with Crippen molar-refractivity contribution in [3.8, 4) is 11.1 Å². The van der Waals surface area contributed by atoms with Crippen LogP contribution in [-0.4, -0.2) is 6.71 Å². The van der Waals surface area contributed by atoms with E-state index >= 15 is 0 Å². The van der Waals surface area contributed by atoms with E-state index in [1.54, 1.807) is 0 Å². The molecular weight excluding hydrogens is 820 g/mol. The molecule has 0 unspecified atom stereocenters. The summed E-state index contributed by atoms with van der Waals surface area (Å²) in [6.45, 7) is 28.1.